The third kappa shape index (κ3) is 3.95. The van der Waals surface area contributed by atoms with Crippen LogP contribution in [0.25, 0.3) is 27.8 Å². The fraction of sp³-hybridized carbons (Fsp3) is 0.261. The number of ether oxygens (including phenoxy) is 2. The first-order valence-corrected chi connectivity index (χ1v) is 10.9. The van der Waals surface area contributed by atoms with E-state index < -0.39 is 0 Å². The van der Waals surface area contributed by atoms with Crippen molar-refractivity contribution in [3.63, 3.8) is 0 Å². The zero-order valence-corrected chi connectivity index (χ0v) is 18.7. The van der Waals surface area contributed by atoms with Crippen LogP contribution in [0.1, 0.15) is 12.8 Å². The van der Waals surface area contributed by atoms with Gasteiger partial charge in [-0.1, -0.05) is 23.4 Å². The van der Waals surface area contributed by atoms with Crippen molar-refractivity contribution in [1.29, 1.82) is 0 Å². The number of halogens is 1. The summed E-state index contributed by atoms with van der Waals surface area (Å²) in [6.07, 6.45) is 4.21. The van der Waals surface area contributed by atoms with Crippen LogP contribution in [-0.2, 0) is 4.79 Å². The van der Waals surface area contributed by atoms with Crippen molar-refractivity contribution in [1.82, 2.24) is 29.9 Å². The summed E-state index contributed by atoms with van der Waals surface area (Å²) >= 11 is 6.09. The van der Waals surface area contributed by atoms with Crippen LogP contribution >= 0.6 is 11.6 Å². The van der Waals surface area contributed by atoms with Gasteiger partial charge in [-0.3, -0.25) is 4.79 Å². The van der Waals surface area contributed by atoms with Crippen LogP contribution in [0.15, 0.2) is 49.3 Å². The average molecular weight is 465 g/mol. The van der Waals surface area contributed by atoms with Crippen LogP contribution < -0.4 is 9.47 Å². The van der Waals surface area contributed by atoms with Crippen molar-refractivity contribution in [2.24, 2.45) is 0 Å². The highest BCUT2D eigenvalue weighted by Gasteiger charge is 2.24. The lowest BCUT2D eigenvalue weighted by Gasteiger charge is -2.31. The number of nitrogens with zero attached hydrogens (tertiary/aromatic N) is 6. The quantitative estimate of drug-likeness (QED) is 0.416. The van der Waals surface area contributed by atoms with E-state index in [0.717, 1.165) is 10.9 Å². The van der Waals surface area contributed by atoms with Gasteiger partial charge in [-0.25, -0.2) is 9.97 Å². The van der Waals surface area contributed by atoms with Crippen molar-refractivity contribution in [3.05, 3.63) is 54.3 Å². The molecule has 0 unspecified atom stereocenters. The average Bonchev–Trinajstić information content (AvgIpc) is 3.26. The number of amides is 1. The maximum absolute atomic E-state index is 11.9. The lowest BCUT2D eigenvalue weighted by molar-refractivity contribution is -0.127. The SMILES string of the molecule is C=CC(=O)N1CCC(Oc2cc3c(-n4nnc5cc(Cl)ccc54)ncnc3cc2OC)CC1. The molecule has 0 aliphatic carbocycles. The number of benzene rings is 2. The summed E-state index contributed by atoms with van der Waals surface area (Å²) in [5.41, 5.74) is 2.13. The number of methoxy groups -OCH3 is 1. The number of rotatable bonds is 5. The highest BCUT2D eigenvalue weighted by molar-refractivity contribution is 6.31. The summed E-state index contributed by atoms with van der Waals surface area (Å²) in [6, 6.07) is 9.08. The molecule has 0 bridgehead atoms. The molecule has 168 valence electrons. The number of likely N-dealkylation sites (tertiary alicyclic amines) is 1. The molecule has 10 heteroatoms. The van der Waals surface area contributed by atoms with E-state index in [4.69, 9.17) is 21.1 Å². The summed E-state index contributed by atoms with van der Waals surface area (Å²) in [6.45, 7) is 4.79. The van der Waals surface area contributed by atoms with E-state index in [1.165, 1.54) is 12.4 Å². The molecule has 0 atom stereocenters. The second kappa shape index (κ2) is 8.67. The Morgan fingerprint density at radius 3 is 2.73 bits per heavy atom. The van der Waals surface area contributed by atoms with Crippen LogP contribution in [0.4, 0.5) is 0 Å². The van der Waals surface area contributed by atoms with Gasteiger partial charge in [-0.15, -0.1) is 5.10 Å². The van der Waals surface area contributed by atoms with Gasteiger partial charge < -0.3 is 14.4 Å². The fourth-order valence-corrected chi connectivity index (χ4v) is 4.19. The highest BCUT2D eigenvalue weighted by atomic mass is 35.5. The van der Waals surface area contributed by atoms with E-state index in [1.54, 1.807) is 28.8 Å². The summed E-state index contributed by atoms with van der Waals surface area (Å²) in [5.74, 6) is 1.68. The van der Waals surface area contributed by atoms with Gasteiger partial charge in [0.1, 0.15) is 17.9 Å². The minimum atomic E-state index is -0.0557. The molecule has 9 nitrogen and oxygen atoms in total. The Morgan fingerprint density at radius 1 is 1.15 bits per heavy atom. The number of hydrogen-bond donors (Lipinski definition) is 0. The van der Waals surface area contributed by atoms with Crippen LogP contribution in [-0.4, -0.2) is 62.1 Å². The molecule has 1 saturated heterocycles. The molecular weight excluding hydrogens is 444 g/mol. The number of fused-ring (bicyclic) bond motifs is 2. The van der Waals surface area contributed by atoms with Gasteiger partial charge >= 0.3 is 0 Å². The summed E-state index contributed by atoms with van der Waals surface area (Å²) in [7, 11) is 1.59. The smallest absolute Gasteiger partial charge is 0.245 e. The topological polar surface area (TPSA) is 95.3 Å². The van der Waals surface area contributed by atoms with Crippen LogP contribution in [0.2, 0.25) is 5.02 Å². The normalized spacial score (nSPS) is 14.5. The monoisotopic (exact) mass is 464 g/mol. The lowest BCUT2D eigenvalue weighted by Crippen LogP contribution is -2.41. The first-order valence-electron chi connectivity index (χ1n) is 10.5. The van der Waals surface area contributed by atoms with Crippen molar-refractivity contribution in [2.45, 2.75) is 18.9 Å². The summed E-state index contributed by atoms with van der Waals surface area (Å²) < 4.78 is 13.5. The second-order valence-electron chi connectivity index (χ2n) is 7.70. The number of carbonyl (C=O) groups is 1. The molecule has 0 N–H and O–H groups in total. The maximum atomic E-state index is 11.9. The molecule has 3 heterocycles. The molecule has 33 heavy (non-hydrogen) atoms. The molecule has 0 spiro atoms. The largest absolute Gasteiger partial charge is 0.493 e. The van der Waals surface area contributed by atoms with Gasteiger partial charge in [-0.2, -0.15) is 4.68 Å². The standard InChI is InChI=1S/C23H21ClN6O3/c1-3-22(31)29-8-6-15(7-9-29)33-21-11-16-17(12-20(21)32-2)25-13-26-23(16)30-19-5-4-14(24)10-18(19)27-28-30/h3-5,10-13,15H,1,6-9H2,2H3. The van der Waals surface area contributed by atoms with Crippen LogP contribution in [0.3, 0.4) is 0 Å². The van der Waals surface area contributed by atoms with Crippen LogP contribution in [0, 0.1) is 0 Å². The number of carbonyl (C=O) groups excluding carboxylic acids is 1. The first kappa shape index (κ1) is 21.1. The zero-order valence-electron chi connectivity index (χ0n) is 17.9. The molecule has 1 amide bonds. The molecule has 5 rings (SSSR count). The molecule has 1 aliphatic rings. The number of aromatic nitrogens is 5. The Labute approximate surface area is 194 Å². The zero-order chi connectivity index (χ0) is 22.9. The lowest BCUT2D eigenvalue weighted by atomic mass is 10.1. The van der Waals surface area contributed by atoms with Crippen molar-refractivity contribution >= 4 is 39.4 Å². The van der Waals surface area contributed by atoms with E-state index in [2.05, 4.69) is 26.9 Å². The van der Waals surface area contributed by atoms with E-state index in [1.807, 2.05) is 18.2 Å². The minimum absolute atomic E-state index is 0.0485. The van der Waals surface area contributed by atoms with Gasteiger partial charge in [0.15, 0.2) is 17.3 Å². The maximum Gasteiger partial charge on any atom is 0.245 e. The molecular formula is C23H21ClN6O3. The number of hydrogen-bond acceptors (Lipinski definition) is 7. The highest BCUT2D eigenvalue weighted by Crippen LogP contribution is 2.35. The predicted octanol–water partition coefficient (Wildman–Crippen LogP) is 3.58. The molecule has 0 saturated carbocycles. The van der Waals surface area contributed by atoms with Crippen molar-refractivity contribution in [3.8, 4) is 17.3 Å². The summed E-state index contributed by atoms with van der Waals surface area (Å²) in [5, 5.41) is 9.82. The van der Waals surface area contributed by atoms with Crippen LogP contribution in [0.5, 0.6) is 11.5 Å². The van der Waals surface area contributed by atoms with Crippen molar-refractivity contribution in [2.75, 3.05) is 20.2 Å². The molecule has 0 radical (unpaired) electrons. The predicted molar refractivity (Wildman–Crippen MR) is 124 cm³/mol. The van der Waals surface area contributed by atoms with Gasteiger partial charge in [-0.05, 0) is 30.3 Å². The summed E-state index contributed by atoms with van der Waals surface area (Å²) in [4.78, 5) is 22.5. The Hall–Kier alpha value is -3.72. The third-order valence-corrected chi connectivity index (χ3v) is 5.96. The van der Waals surface area contributed by atoms with E-state index in [-0.39, 0.29) is 12.0 Å². The van der Waals surface area contributed by atoms with Gasteiger partial charge in [0.2, 0.25) is 5.91 Å². The van der Waals surface area contributed by atoms with E-state index >= 15 is 0 Å². The Morgan fingerprint density at radius 2 is 1.97 bits per heavy atom. The third-order valence-electron chi connectivity index (χ3n) is 5.73. The van der Waals surface area contributed by atoms with Crippen molar-refractivity contribution < 1.29 is 14.3 Å². The van der Waals surface area contributed by atoms with E-state index in [9.17, 15) is 4.79 Å². The van der Waals surface area contributed by atoms with E-state index in [0.29, 0.717) is 59.3 Å². The first-order chi connectivity index (χ1) is 16.1. The molecule has 1 aliphatic heterocycles. The Kier molecular flexibility index (Phi) is 5.55. The Balaban J connectivity index is 1.51. The Bertz CT molecular complexity index is 1360. The fourth-order valence-electron chi connectivity index (χ4n) is 4.03. The van der Waals surface area contributed by atoms with Gasteiger partial charge in [0.05, 0.1) is 18.1 Å². The molecule has 2 aromatic heterocycles. The minimum Gasteiger partial charge on any atom is -0.493 e. The molecule has 1 fully saturated rings. The van der Waals surface area contributed by atoms with Gasteiger partial charge in [0, 0.05) is 42.4 Å². The second-order valence-corrected chi connectivity index (χ2v) is 8.13. The molecule has 4 aromatic rings. The molecule has 2 aromatic carbocycles. The number of piperidine rings is 1. The van der Waals surface area contributed by atoms with Gasteiger partial charge in [0.25, 0.3) is 0 Å².